The largest absolute Gasteiger partial charge is 0.493 e. The molecule has 0 bridgehead atoms. The van der Waals surface area contributed by atoms with Crippen LogP contribution in [0.5, 0.6) is 11.5 Å². The zero-order valence-electron chi connectivity index (χ0n) is 19.4. The van der Waals surface area contributed by atoms with Crippen LogP contribution >= 0.6 is 0 Å². The predicted octanol–water partition coefficient (Wildman–Crippen LogP) is 4.11. The molecule has 1 heterocycles. The number of nitrogens with two attached hydrogens (primary N) is 1. The van der Waals surface area contributed by atoms with Gasteiger partial charge in [0.15, 0.2) is 11.5 Å². The first-order valence-electron chi connectivity index (χ1n) is 11.3. The van der Waals surface area contributed by atoms with Crippen LogP contribution in [0.25, 0.3) is 6.08 Å². The van der Waals surface area contributed by atoms with Gasteiger partial charge in [0.1, 0.15) is 0 Å². The van der Waals surface area contributed by atoms with Gasteiger partial charge in [0.2, 0.25) is 10.0 Å². The van der Waals surface area contributed by atoms with Crippen LogP contribution in [0.2, 0.25) is 0 Å². The number of ether oxygens (including phenoxy) is 2. The zero-order valence-corrected chi connectivity index (χ0v) is 20.2. The van der Waals surface area contributed by atoms with E-state index in [0.29, 0.717) is 41.0 Å². The van der Waals surface area contributed by atoms with Crippen molar-refractivity contribution >= 4 is 33.4 Å². The van der Waals surface area contributed by atoms with Crippen LogP contribution in [0.3, 0.4) is 0 Å². The molecular weight excluding hydrogens is 454 g/mol. The van der Waals surface area contributed by atoms with Crippen LogP contribution in [0.4, 0.5) is 5.69 Å². The molecule has 1 saturated carbocycles. The van der Waals surface area contributed by atoms with Crippen LogP contribution in [-0.4, -0.2) is 33.8 Å². The summed E-state index contributed by atoms with van der Waals surface area (Å²) in [5, 5.41) is 10.7. The van der Waals surface area contributed by atoms with Gasteiger partial charge in [-0.1, -0.05) is 25.3 Å². The monoisotopic (exact) mass is 483 g/mol. The van der Waals surface area contributed by atoms with Crippen LogP contribution in [0.1, 0.15) is 44.6 Å². The maximum absolute atomic E-state index is 13.0. The Balaban J connectivity index is 1.51. The second kappa shape index (κ2) is 9.99. The highest BCUT2D eigenvalue weighted by atomic mass is 32.2. The molecule has 1 amide bonds. The second-order valence-electron chi connectivity index (χ2n) is 8.62. The van der Waals surface area contributed by atoms with Gasteiger partial charge < -0.3 is 9.47 Å². The van der Waals surface area contributed by atoms with Gasteiger partial charge in [-0.25, -0.2) is 13.6 Å². The minimum Gasteiger partial charge on any atom is -0.493 e. The molecule has 9 heteroatoms. The fourth-order valence-electron chi connectivity index (χ4n) is 4.26. The number of carbonyl (C=O) groups excluding carboxylic acids is 1. The van der Waals surface area contributed by atoms with Crippen molar-refractivity contribution in [3.8, 4) is 11.5 Å². The number of carbonyl (C=O) groups is 1. The third-order valence-electron chi connectivity index (χ3n) is 6.17. The van der Waals surface area contributed by atoms with Gasteiger partial charge in [-0.3, -0.25) is 4.79 Å². The molecule has 0 aromatic heterocycles. The summed E-state index contributed by atoms with van der Waals surface area (Å²) in [4.78, 5) is 13.0. The number of hydrogen-bond acceptors (Lipinski definition) is 6. The second-order valence-corrected chi connectivity index (χ2v) is 10.2. The molecule has 0 spiro atoms. The Labute approximate surface area is 200 Å². The Hall–Kier alpha value is -3.17. The Morgan fingerprint density at radius 3 is 2.44 bits per heavy atom. The summed E-state index contributed by atoms with van der Waals surface area (Å²) in [7, 11) is -2.22. The van der Waals surface area contributed by atoms with E-state index in [1.165, 1.54) is 61.4 Å². The number of hydrogen-bond donors (Lipinski definition) is 1. The maximum atomic E-state index is 13.0. The maximum Gasteiger partial charge on any atom is 0.280 e. The molecule has 180 valence electrons. The number of primary sulfonamides is 1. The molecule has 0 radical (unpaired) electrons. The fourth-order valence-corrected chi connectivity index (χ4v) is 4.77. The first-order valence-corrected chi connectivity index (χ1v) is 12.9. The lowest BCUT2D eigenvalue weighted by molar-refractivity contribution is -0.114. The summed E-state index contributed by atoms with van der Waals surface area (Å²) in [6.07, 6.45) is 8.00. The Kier molecular flexibility index (Phi) is 7.04. The number of amides is 1. The highest BCUT2D eigenvalue weighted by molar-refractivity contribution is 7.89. The first kappa shape index (κ1) is 24.0. The number of benzene rings is 2. The van der Waals surface area contributed by atoms with Crippen molar-refractivity contribution in [2.45, 2.75) is 43.9 Å². The molecule has 1 aliphatic carbocycles. The van der Waals surface area contributed by atoms with E-state index in [0.717, 1.165) is 5.56 Å². The van der Waals surface area contributed by atoms with Gasteiger partial charge in [0.05, 0.1) is 35.6 Å². The van der Waals surface area contributed by atoms with E-state index in [1.54, 1.807) is 20.1 Å². The molecular formula is C25H29N3O5S. The van der Waals surface area contributed by atoms with Crippen molar-refractivity contribution in [2.24, 2.45) is 16.2 Å². The molecule has 0 atom stereocenters. The van der Waals surface area contributed by atoms with Crippen molar-refractivity contribution in [3.05, 3.63) is 53.6 Å². The lowest BCUT2D eigenvalue weighted by Crippen LogP contribution is -2.21. The molecule has 34 heavy (non-hydrogen) atoms. The van der Waals surface area contributed by atoms with Crippen LogP contribution in [0, 0.1) is 5.92 Å². The third-order valence-corrected chi connectivity index (χ3v) is 7.10. The van der Waals surface area contributed by atoms with Crippen LogP contribution in [0.15, 0.2) is 58.0 Å². The van der Waals surface area contributed by atoms with E-state index >= 15 is 0 Å². The molecule has 8 nitrogen and oxygen atoms in total. The average Bonchev–Trinajstić information content (AvgIpc) is 3.11. The first-order chi connectivity index (χ1) is 16.3. The fraction of sp³-hybridized carbons (Fsp3) is 0.360. The Morgan fingerprint density at radius 2 is 1.79 bits per heavy atom. The summed E-state index contributed by atoms with van der Waals surface area (Å²) in [5.41, 5.74) is 2.22. The standard InChI is InChI=1S/C25H29N3O5S/c1-17-22(25(29)28(27-17)20-9-11-21(12-10-20)34(26,30)31)14-19-8-13-23(24(15-19)32-2)33-16-18-6-4-3-5-7-18/h8-15,18H,3-7,16H2,1-2H3,(H2,26,30,31)/b22-14-. The Morgan fingerprint density at radius 1 is 1.09 bits per heavy atom. The van der Waals surface area contributed by atoms with Gasteiger partial charge >= 0.3 is 0 Å². The molecule has 1 fully saturated rings. The molecule has 2 aliphatic rings. The summed E-state index contributed by atoms with van der Waals surface area (Å²) >= 11 is 0. The number of sulfonamides is 1. The molecule has 2 aromatic carbocycles. The Bertz CT molecular complexity index is 1230. The predicted molar refractivity (Wildman–Crippen MR) is 131 cm³/mol. The van der Waals surface area contributed by atoms with Crippen molar-refractivity contribution in [1.82, 2.24) is 0 Å². The molecule has 0 unspecified atom stereocenters. The van der Waals surface area contributed by atoms with E-state index < -0.39 is 10.0 Å². The lowest BCUT2D eigenvalue weighted by atomic mass is 9.90. The highest BCUT2D eigenvalue weighted by Gasteiger charge is 2.29. The molecule has 2 aromatic rings. The van der Waals surface area contributed by atoms with E-state index in [1.807, 2.05) is 18.2 Å². The van der Waals surface area contributed by atoms with Gasteiger partial charge in [-0.15, -0.1) is 0 Å². The third kappa shape index (κ3) is 5.31. The number of nitrogens with zero attached hydrogens (tertiary/aromatic N) is 2. The van der Waals surface area contributed by atoms with Crippen molar-refractivity contribution in [3.63, 3.8) is 0 Å². The lowest BCUT2D eigenvalue weighted by Gasteiger charge is -2.22. The van der Waals surface area contributed by atoms with Crippen molar-refractivity contribution < 1.29 is 22.7 Å². The van der Waals surface area contributed by atoms with Crippen LogP contribution < -0.4 is 19.6 Å². The van der Waals surface area contributed by atoms with E-state index in [9.17, 15) is 13.2 Å². The number of hydrazone groups is 1. The summed E-state index contributed by atoms with van der Waals surface area (Å²) in [6, 6.07) is 11.3. The normalized spacial score (nSPS) is 18.3. The zero-order chi connectivity index (χ0) is 24.3. The number of rotatable bonds is 7. The van der Waals surface area contributed by atoms with E-state index in [-0.39, 0.29) is 10.8 Å². The number of methoxy groups -OCH3 is 1. The average molecular weight is 484 g/mol. The summed E-state index contributed by atoms with van der Waals surface area (Å²) in [5.74, 6) is 1.58. The molecule has 4 rings (SSSR count). The smallest absolute Gasteiger partial charge is 0.280 e. The van der Waals surface area contributed by atoms with Gasteiger partial charge in [0, 0.05) is 0 Å². The van der Waals surface area contributed by atoms with Crippen molar-refractivity contribution in [2.75, 3.05) is 18.7 Å². The van der Waals surface area contributed by atoms with Crippen LogP contribution in [-0.2, 0) is 14.8 Å². The van der Waals surface area contributed by atoms with Gasteiger partial charge in [-0.05, 0) is 73.7 Å². The highest BCUT2D eigenvalue weighted by Crippen LogP contribution is 2.32. The minimum atomic E-state index is -3.81. The number of anilines is 1. The summed E-state index contributed by atoms with van der Waals surface area (Å²) in [6.45, 7) is 2.43. The summed E-state index contributed by atoms with van der Waals surface area (Å²) < 4.78 is 34.5. The van der Waals surface area contributed by atoms with E-state index in [2.05, 4.69) is 5.10 Å². The minimum absolute atomic E-state index is 0.0303. The van der Waals surface area contributed by atoms with E-state index in [4.69, 9.17) is 14.6 Å². The topological polar surface area (TPSA) is 111 Å². The quantitative estimate of drug-likeness (QED) is 0.596. The SMILES string of the molecule is COc1cc(/C=C2\C(=O)N(c3ccc(S(N)(=O)=O)cc3)N=C2C)ccc1OCC1CCCCC1. The molecule has 0 saturated heterocycles. The molecule has 2 N–H and O–H groups in total. The van der Waals surface area contributed by atoms with Gasteiger partial charge in [-0.2, -0.15) is 10.1 Å². The van der Waals surface area contributed by atoms with Gasteiger partial charge in [0.25, 0.3) is 5.91 Å². The molecule has 1 aliphatic heterocycles. The van der Waals surface area contributed by atoms with Crippen molar-refractivity contribution in [1.29, 1.82) is 0 Å².